The van der Waals surface area contributed by atoms with E-state index in [1.54, 1.807) is 48.5 Å². The van der Waals surface area contributed by atoms with Gasteiger partial charge >= 0.3 is 11.9 Å². The summed E-state index contributed by atoms with van der Waals surface area (Å²) in [7, 11) is 0. The minimum absolute atomic E-state index is 0.0503. The number of ether oxygens (including phenoxy) is 4. The van der Waals surface area contributed by atoms with E-state index in [4.69, 9.17) is 24.1 Å². The first-order valence-electron chi connectivity index (χ1n) is 13.5. The highest BCUT2D eigenvalue weighted by Gasteiger charge is 2.22. The summed E-state index contributed by atoms with van der Waals surface area (Å²) in [5.74, 6) is 0.0286. The smallest absolute Gasteiger partial charge is 0.343 e. The van der Waals surface area contributed by atoms with Crippen LogP contribution in [0.1, 0.15) is 48.9 Å². The van der Waals surface area contributed by atoms with Crippen LogP contribution < -0.4 is 14.2 Å². The van der Waals surface area contributed by atoms with Gasteiger partial charge in [-0.25, -0.2) is 9.59 Å². The average Bonchev–Trinajstić information content (AvgIpc) is 3.31. The summed E-state index contributed by atoms with van der Waals surface area (Å²) in [6.45, 7) is 4.62. The quantitative estimate of drug-likeness (QED) is 0.0937. The Morgan fingerprint density at radius 2 is 1.22 bits per heavy atom. The molecule has 3 rings (SSSR count). The van der Waals surface area contributed by atoms with Crippen molar-refractivity contribution in [3.05, 3.63) is 78.4 Å². The third-order valence-electron chi connectivity index (χ3n) is 6.09. The van der Waals surface area contributed by atoms with E-state index in [1.807, 2.05) is 0 Å². The number of esters is 2. The highest BCUT2D eigenvalue weighted by molar-refractivity contribution is 6.12. The van der Waals surface area contributed by atoms with Crippen LogP contribution >= 0.6 is 0 Å². The van der Waals surface area contributed by atoms with Crippen LogP contribution in [-0.2, 0) is 19.1 Å². The Morgan fingerprint density at radius 3 is 1.80 bits per heavy atom. The van der Waals surface area contributed by atoms with Crippen molar-refractivity contribution in [3.8, 4) is 17.2 Å². The van der Waals surface area contributed by atoms with Crippen molar-refractivity contribution >= 4 is 23.8 Å². The van der Waals surface area contributed by atoms with E-state index in [0.29, 0.717) is 62.0 Å². The summed E-state index contributed by atoms with van der Waals surface area (Å²) in [6, 6.07) is 13.4. The number of hydrogen-bond acceptors (Lipinski definition) is 9. The predicted octanol–water partition coefficient (Wildman–Crippen LogP) is 4.02. The fourth-order valence-electron chi connectivity index (χ4n) is 3.75. The third-order valence-corrected chi connectivity index (χ3v) is 6.09. The number of amides is 2. The SMILES string of the molecule is C=C(CO)C(=O)OCCCCCCOc1ccc(C(=O)Oc2ccc(OCCCCN3C(=O)C=CC3=O)cc2)cc1. The second kappa shape index (κ2) is 16.6. The molecule has 0 aliphatic carbocycles. The Morgan fingerprint density at radius 1 is 0.707 bits per heavy atom. The van der Waals surface area contributed by atoms with Crippen LogP contribution in [0.25, 0.3) is 0 Å². The molecule has 1 aliphatic heterocycles. The molecule has 0 atom stereocenters. The standard InChI is InChI=1S/C31H35NO9/c1-23(22-33)30(36)40-21-6-3-2-5-19-38-25-10-8-24(9-11-25)31(37)41-27-14-12-26(13-15-27)39-20-7-4-18-32-28(34)16-17-29(32)35/h8-17,33H,1-7,18-22H2. The lowest BCUT2D eigenvalue weighted by Gasteiger charge is -2.13. The maximum absolute atomic E-state index is 12.5. The van der Waals surface area contributed by atoms with Crippen molar-refractivity contribution < 1.29 is 43.2 Å². The lowest BCUT2D eigenvalue weighted by Crippen LogP contribution is -2.31. The molecule has 218 valence electrons. The highest BCUT2D eigenvalue weighted by Crippen LogP contribution is 2.20. The van der Waals surface area contributed by atoms with Gasteiger partial charge in [-0.05, 0) is 87.1 Å². The van der Waals surface area contributed by atoms with E-state index in [0.717, 1.165) is 25.7 Å². The van der Waals surface area contributed by atoms with Gasteiger partial charge < -0.3 is 24.1 Å². The number of unbranched alkanes of at least 4 members (excludes halogenated alkanes) is 4. The van der Waals surface area contributed by atoms with Crippen molar-refractivity contribution in [1.29, 1.82) is 0 Å². The summed E-state index contributed by atoms with van der Waals surface area (Å²) >= 11 is 0. The fourth-order valence-corrected chi connectivity index (χ4v) is 3.75. The van der Waals surface area contributed by atoms with Crippen molar-refractivity contribution in [2.24, 2.45) is 0 Å². The zero-order chi connectivity index (χ0) is 29.5. The molecule has 0 saturated heterocycles. The summed E-state index contributed by atoms with van der Waals surface area (Å²) in [4.78, 5) is 48.1. The van der Waals surface area contributed by atoms with Crippen LogP contribution in [0.3, 0.4) is 0 Å². The van der Waals surface area contributed by atoms with Crippen LogP contribution in [0.5, 0.6) is 17.2 Å². The number of imide groups is 1. The Labute approximate surface area is 239 Å². The molecule has 1 aliphatic rings. The summed E-state index contributed by atoms with van der Waals surface area (Å²) in [5.41, 5.74) is 0.440. The number of nitrogens with zero attached hydrogens (tertiary/aromatic N) is 1. The van der Waals surface area contributed by atoms with Gasteiger partial charge in [0.2, 0.25) is 0 Å². The Hall–Kier alpha value is -4.44. The second-order valence-electron chi connectivity index (χ2n) is 9.26. The molecule has 0 saturated carbocycles. The number of benzene rings is 2. The van der Waals surface area contributed by atoms with E-state index in [1.165, 1.54) is 17.1 Å². The van der Waals surface area contributed by atoms with Crippen molar-refractivity contribution in [2.45, 2.75) is 38.5 Å². The monoisotopic (exact) mass is 565 g/mol. The summed E-state index contributed by atoms with van der Waals surface area (Å²) in [5, 5.41) is 8.82. The topological polar surface area (TPSA) is 129 Å². The normalized spacial score (nSPS) is 12.4. The maximum atomic E-state index is 12.5. The molecule has 0 bridgehead atoms. The summed E-state index contributed by atoms with van der Waals surface area (Å²) in [6.07, 6.45) is 7.21. The van der Waals surface area contributed by atoms with Crippen LogP contribution in [-0.4, -0.2) is 66.7 Å². The van der Waals surface area contributed by atoms with Gasteiger partial charge in [-0.15, -0.1) is 0 Å². The van der Waals surface area contributed by atoms with E-state index < -0.39 is 18.5 Å². The molecule has 1 heterocycles. The first kappa shape index (κ1) is 31.1. The van der Waals surface area contributed by atoms with Gasteiger partial charge in [0.05, 0.1) is 37.6 Å². The molecule has 41 heavy (non-hydrogen) atoms. The molecule has 0 aromatic heterocycles. The number of aliphatic hydroxyl groups excluding tert-OH is 1. The molecular formula is C31H35NO9. The molecule has 0 fully saturated rings. The minimum Gasteiger partial charge on any atom is -0.494 e. The van der Waals surface area contributed by atoms with E-state index in [-0.39, 0.29) is 17.4 Å². The first-order valence-corrected chi connectivity index (χ1v) is 13.5. The number of aliphatic hydroxyl groups is 1. The van der Waals surface area contributed by atoms with Gasteiger partial charge in [-0.2, -0.15) is 0 Å². The van der Waals surface area contributed by atoms with Gasteiger partial charge in [0.25, 0.3) is 11.8 Å². The largest absolute Gasteiger partial charge is 0.494 e. The highest BCUT2D eigenvalue weighted by atomic mass is 16.5. The van der Waals surface area contributed by atoms with E-state index in [2.05, 4.69) is 6.58 Å². The molecule has 2 aromatic carbocycles. The molecule has 1 N–H and O–H groups in total. The van der Waals surface area contributed by atoms with Crippen LogP contribution in [0, 0.1) is 0 Å². The lowest BCUT2D eigenvalue weighted by atomic mass is 10.2. The van der Waals surface area contributed by atoms with Gasteiger partial charge in [-0.1, -0.05) is 6.58 Å². The fraction of sp³-hybridized carbons (Fsp3) is 0.355. The number of carbonyl (C=O) groups excluding carboxylic acids is 4. The molecule has 0 radical (unpaired) electrons. The predicted molar refractivity (Wildman–Crippen MR) is 150 cm³/mol. The van der Waals surface area contributed by atoms with Gasteiger partial charge in [-0.3, -0.25) is 14.5 Å². The molecule has 10 nitrogen and oxygen atoms in total. The molecule has 0 spiro atoms. The van der Waals surface area contributed by atoms with Crippen LogP contribution in [0.2, 0.25) is 0 Å². The Balaban J connectivity index is 1.27. The molecular weight excluding hydrogens is 530 g/mol. The van der Waals surface area contributed by atoms with E-state index >= 15 is 0 Å². The molecule has 10 heteroatoms. The van der Waals surface area contributed by atoms with Crippen molar-refractivity contribution in [3.63, 3.8) is 0 Å². The number of rotatable bonds is 18. The average molecular weight is 566 g/mol. The Bertz CT molecular complexity index is 1200. The van der Waals surface area contributed by atoms with E-state index in [9.17, 15) is 19.2 Å². The molecule has 0 unspecified atom stereocenters. The minimum atomic E-state index is -0.568. The van der Waals surface area contributed by atoms with Crippen LogP contribution in [0.4, 0.5) is 0 Å². The third kappa shape index (κ3) is 10.6. The zero-order valence-electron chi connectivity index (χ0n) is 22.9. The zero-order valence-corrected chi connectivity index (χ0v) is 22.9. The van der Waals surface area contributed by atoms with Crippen molar-refractivity contribution in [2.75, 3.05) is 33.0 Å². The number of carbonyl (C=O) groups is 4. The second-order valence-corrected chi connectivity index (χ2v) is 9.26. The van der Waals surface area contributed by atoms with Crippen molar-refractivity contribution in [1.82, 2.24) is 4.90 Å². The maximum Gasteiger partial charge on any atom is 0.343 e. The van der Waals surface area contributed by atoms with Gasteiger partial charge in [0.15, 0.2) is 0 Å². The summed E-state index contributed by atoms with van der Waals surface area (Å²) < 4.78 is 21.8. The first-order chi connectivity index (χ1) is 19.9. The molecule has 2 amide bonds. The van der Waals surface area contributed by atoms with Crippen LogP contribution in [0.15, 0.2) is 72.8 Å². The number of hydrogen-bond donors (Lipinski definition) is 1. The Kier molecular flexibility index (Phi) is 12.6. The lowest BCUT2D eigenvalue weighted by molar-refractivity contribution is -0.140. The van der Waals surface area contributed by atoms with Gasteiger partial charge in [0.1, 0.15) is 17.2 Å². The molecule has 2 aromatic rings. The van der Waals surface area contributed by atoms with Gasteiger partial charge in [0, 0.05) is 18.7 Å².